The van der Waals surface area contributed by atoms with Gasteiger partial charge in [0.1, 0.15) is 0 Å². The number of nitrogens with one attached hydrogen (secondary N) is 1. The lowest BCUT2D eigenvalue weighted by Gasteiger charge is -2.28. The molecule has 0 bridgehead atoms. The number of hydrogen-bond donors (Lipinski definition) is 3. The summed E-state index contributed by atoms with van der Waals surface area (Å²) >= 11 is 0. The number of hydrogen-bond acceptors (Lipinski definition) is 2. The first-order valence-corrected chi connectivity index (χ1v) is 6.43. The molecule has 1 aliphatic carbocycles. The fourth-order valence-corrected chi connectivity index (χ4v) is 2.02. The second-order valence-electron chi connectivity index (χ2n) is 5.20. The summed E-state index contributed by atoms with van der Waals surface area (Å²) < 4.78 is 0. The van der Waals surface area contributed by atoms with Crippen molar-refractivity contribution in [2.24, 2.45) is 10.7 Å². The molecule has 18 heavy (non-hydrogen) atoms. The highest BCUT2D eigenvalue weighted by molar-refractivity contribution is 5.92. The summed E-state index contributed by atoms with van der Waals surface area (Å²) in [6, 6.07) is 8.34. The number of anilines is 1. The van der Waals surface area contributed by atoms with Crippen molar-refractivity contribution in [1.82, 2.24) is 0 Å². The van der Waals surface area contributed by atoms with E-state index in [1.165, 1.54) is 5.56 Å². The van der Waals surface area contributed by atoms with Crippen molar-refractivity contribution >= 4 is 11.6 Å². The second kappa shape index (κ2) is 5.40. The molecule has 4 heteroatoms. The van der Waals surface area contributed by atoms with Gasteiger partial charge in [-0.05, 0) is 36.5 Å². The monoisotopic (exact) mass is 247 g/mol. The molecule has 0 atom stereocenters. The van der Waals surface area contributed by atoms with Crippen molar-refractivity contribution in [3.8, 4) is 0 Å². The van der Waals surface area contributed by atoms with Gasteiger partial charge in [-0.15, -0.1) is 0 Å². The molecule has 0 heterocycles. The molecule has 0 saturated heterocycles. The van der Waals surface area contributed by atoms with Gasteiger partial charge in [0, 0.05) is 5.69 Å². The zero-order valence-corrected chi connectivity index (χ0v) is 10.9. The van der Waals surface area contributed by atoms with Crippen molar-refractivity contribution in [2.45, 2.75) is 44.8 Å². The van der Waals surface area contributed by atoms with Crippen LogP contribution in [0.5, 0.6) is 0 Å². The fraction of sp³-hybridized carbons (Fsp3) is 0.500. The van der Waals surface area contributed by atoms with Crippen LogP contribution >= 0.6 is 0 Å². The number of rotatable bonds is 3. The molecule has 1 aromatic rings. The lowest BCUT2D eigenvalue weighted by Crippen LogP contribution is -2.35. The number of aliphatic hydroxyl groups is 1. The molecule has 0 amide bonds. The Hall–Kier alpha value is -1.55. The van der Waals surface area contributed by atoms with E-state index in [1.807, 2.05) is 12.1 Å². The molecular formula is C14H21N3O. The highest BCUT2D eigenvalue weighted by atomic mass is 16.3. The van der Waals surface area contributed by atoms with Gasteiger partial charge in [-0.1, -0.05) is 26.0 Å². The van der Waals surface area contributed by atoms with Crippen LogP contribution in [-0.4, -0.2) is 23.2 Å². The van der Waals surface area contributed by atoms with Gasteiger partial charge in [0.2, 0.25) is 0 Å². The maximum atomic E-state index is 9.19. The van der Waals surface area contributed by atoms with Crippen LogP contribution in [0, 0.1) is 0 Å². The van der Waals surface area contributed by atoms with Crippen molar-refractivity contribution in [3.63, 3.8) is 0 Å². The highest BCUT2D eigenvalue weighted by Gasteiger charge is 2.26. The van der Waals surface area contributed by atoms with Gasteiger partial charge in [-0.25, -0.2) is 4.99 Å². The van der Waals surface area contributed by atoms with E-state index in [2.05, 4.69) is 36.3 Å². The van der Waals surface area contributed by atoms with Crippen molar-refractivity contribution in [1.29, 1.82) is 0 Å². The van der Waals surface area contributed by atoms with Crippen LogP contribution < -0.4 is 11.1 Å². The summed E-state index contributed by atoms with van der Waals surface area (Å²) in [7, 11) is 0. The van der Waals surface area contributed by atoms with Crippen molar-refractivity contribution < 1.29 is 5.11 Å². The van der Waals surface area contributed by atoms with E-state index in [9.17, 15) is 5.11 Å². The lowest BCUT2D eigenvalue weighted by molar-refractivity contribution is 0.0778. The molecule has 4 nitrogen and oxygen atoms in total. The summed E-state index contributed by atoms with van der Waals surface area (Å²) in [4.78, 5) is 4.33. The Labute approximate surface area is 108 Å². The van der Waals surface area contributed by atoms with Gasteiger partial charge in [0.05, 0.1) is 12.1 Å². The summed E-state index contributed by atoms with van der Waals surface area (Å²) in [6.07, 6.45) is 1.24. The predicted octanol–water partition coefficient (Wildman–Crippen LogP) is 2.06. The molecule has 2 rings (SSSR count). The Balaban J connectivity index is 1.98. The van der Waals surface area contributed by atoms with Gasteiger partial charge < -0.3 is 16.2 Å². The molecule has 1 fully saturated rings. The van der Waals surface area contributed by atoms with Crippen LogP contribution in [0.2, 0.25) is 0 Å². The Morgan fingerprint density at radius 2 is 2.17 bits per heavy atom. The highest BCUT2D eigenvalue weighted by Crippen LogP contribution is 2.23. The second-order valence-corrected chi connectivity index (χ2v) is 5.20. The average molecular weight is 247 g/mol. The van der Waals surface area contributed by atoms with Crippen molar-refractivity contribution in [3.05, 3.63) is 29.8 Å². The van der Waals surface area contributed by atoms with Gasteiger partial charge in [0.25, 0.3) is 0 Å². The minimum absolute atomic E-state index is 0.167. The quantitative estimate of drug-likeness (QED) is 0.565. The molecule has 1 saturated carbocycles. The zero-order chi connectivity index (χ0) is 13.1. The molecule has 0 radical (unpaired) electrons. The van der Waals surface area contributed by atoms with E-state index in [4.69, 9.17) is 5.73 Å². The topological polar surface area (TPSA) is 70.6 Å². The zero-order valence-electron chi connectivity index (χ0n) is 10.9. The Kier molecular flexibility index (Phi) is 3.87. The molecule has 0 spiro atoms. The van der Waals surface area contributed by atoms with Crippen LogP contribution in [0.4, 0.5) is 5.69 Å². The standard InChI is InChI=1S/C14H21N3O/c1-9(2)10-4-3-5-11(6-10)16-14(15)17-12-7-13(18)8-12/h3-6,9,12-13,18H,7-8H2,1-2H3,(H3,15,16,17). The summed E-state index contributed by atoms with van der Waals surface area (Å²) in [5.41, 5.74) is 8.08. The van der Waals surface area contributed by atoms with Gasteiger partial charge in [-0.2, -0.15) is 0 Å². The first-order valence-electron chi connectivity index (χ1n) is 6.43. The van der Waals surface area contributed by atoms with Gasteiger partial charge in [0.15, 0.2) is 5.96 Å². The molecule has 0 aromatic heterocycles. The fourth-order valence-electron chi connectivity index (χ4n) is 2.02. The van der Waals surface area contributed by atoms with Crippen molar-refractivity contribution in [2.75, 3.05) is 5.32 Å². The Morgan fingerprint density at radius 3 is 2.78 bits per heavy atom. The number of guanidine groups is 1. The van der Waals surface area contributed by atoms with Crippen LogP contribution in [0.25, 0.3) is 0 Å². The lowest BCUT2D eigenvalue weighted by atomic mass is 9.90. The third-order valence-corrected chi connectivity index (χ3v) is 3.24. The number of benzene rings is 1. The van der Waals surface area contributed by atoms with E-state index in [0.717, 1.165) is 5.69 Å². The first kappa shape index (κ1) is 12.9. The third kappa shape index (κ3) is 3.23. The normalized spacial score (nSPS) is 23.9. The SMILES string of the molecule is CC(C)c1cccc(NC(N)=NC2CC(O)C2)c1. The van der Waals surface area contributed by atoms with Gasteiger partial charge in [-0.3, -0.25) is 0 Å². The number of nitrogens with two attached hydrogens (primary N) is 1. The predicted molar refractivity (Wildman–Crippen MR) is 74.8 cm³/mol. The molecule has 0 unspecified atom stereocenters. The van der Waals surface area contributed by atoms with E-state index in [-0.39, 0.29) is 12.1 Å². The summed E-state index contributed by atoms with van der Waals surface area (Å²) in [6.45, 7) is 4.32. The smallest absolute Gasteiger partial charge is 0.193 e. The van der Waals surface area contributed by atoms with Crippen LogP contribution in [0.15, 0.2) is 29.3 Å². The summed E-state index contributed by atoms with van der Waals surface area (Å²) in [5, 5.41) is 12.3. The van der Waals surface area contributed by atoms with E-state index in [1.54, 1.807) is 0 Å². The molecular weight excluding hydrogens is 226 g/mol. The molecule has 4 N–H and O–H groups in total. The summed E-state index contributed by atoms with van der Waals surface area (Å²) in [5.74, 6) is 0.916. The van der Waals surface area contributed by atoms with Crippen LogP contribution in [0.1, 0.15) is 38.2 Å². The molecule has 1 aliphatic rings. The Bertz CT molecular complexity index is 436. The first-order chi connectivity index (χ1) is 8.54. The number of nitrogens with zero attached hydrogens (tertiary/aromatic N) is 1. The van der Waals surface area contributed by atoms with Crippen LogP contribution in [0.3, 0.4) is 0 Å². The molecule has 98 valence electrons. The largest absolute Gasteiger partial charge is 0.393 e. The maximum Gasteiger partial charge on any atom is 0.193 e. The average Bonchev–Trinajstić information content (AvgIpc) is 2.27. The Morgan fingerprint density at radius 1 is 1.44 bits per heavy atom. The van der Waals surface area contributed by atoms with E-state index in [0.29, 0.717) is 24.7 Å². The molecule has 0 aliphatic heterocycles. The van der Waals surface area contributed by atoms with Gasteiger partial charge >= 0.3 is 0 Å². The van der Waals surface area contributed by atoms with E-state index < -0.39 is 0 Å². The van der Waals surface area contributed by atoms with Crippen LogP contribution in [-0.2, 0) is 0 Å². The third-order valence-electron chi connectivity index (χ3n) is 3.24. The molecule has 1 aromatic carbocycles. The minimum Gasteiger partial charge on any atom is -0.393 e. The minimum atomic E-state index is -0.198. The number of aliphatic hydroxyl groups excluding tert-OH is 1. The maximum absolute atomic E-state index is 9.19. The number of aliphatic imine (C=N–C) groups is 1. The van der Waals surface area contributed by atoms with E-state index >= 15 is 0 Å².